The molecule has 0 amide bonds. The maximum absolute atomic E-state index is 10.4. The van der Waals surface area contributed by atoms with E-state index < -0.39 is 14.5 Å². The van der Waals surface area contributed by atoms with E-state index in [2.05, 4.69) is 9.05 Å². The summed E-state index contributed by atoms with van der Waals surface area (Å²) in [5.41, 5.74) is 4.85. The summed E-state index contributed by atoms with van der Waals surface area (Å²) in [6, 6.07) is 0. The van der Waals surface area contributed by atoms with Gasteiger partial charge in [-0.3, -0.25) is 13.6 Å². The number of rotatable bonds is 4. The molecule has 0 fully saturated rings. The summed E-state index contributed by atoms with van der Waals surface area (Å²) in [6.45, 7) is 1.17. The number of hydrogen-bond donors (Lipinski definition) is 2. The topological polar surface area (TPSA) is 81.8 Å². The highest BCUT2D eigenvalue weighted by atomic mass is 31.1. The third kappa shape index (κ3) is 5.95. The van der Waals surface area contributed by atoms with Crippen molar-refractivity contribution in [1.82, 2.24) is 0 Å². The Morgan fingerprint density at radius 3 is 2.78 bits per heavy atom. The summed E-state index contributed by atoms with van der Waals surface area (Å²) in [6.07, 6.45) is -1.07. The van der Waals surface area contributed by atoms with Crippen molar-refractivity contribution in [2.75, 3.05) is 6.73 Å². The second kappa shape index (κ2) is 4.90. The third-order valence-corrected chi connectivity index (χ3v) is 1.40. The molecular weight excluding hydrogens is 145 g/mol. The number of aliphatic hydroxyl groups excluding tert-OH is 1. The molecule has 0 aromatic rings. The van der Waals surface area contributed by atoms with Crippen LogP contribution < -0.4 is 5.73 Å². The van der Waals surface area contributed by atoms with Crippen LogP contribution >= 0.6 is 8.25 Å². The molecule has 0 aromatic heterocycles. The molecule has 9 heavy (non-hydrogen) atoms. The minimum absolute atomic E-state index is 0.162. The van der Waals surface area contributed by atoms with E-state index in [-0.39, 0.29) is 6.73 Å². The molecule has 0 rings (SSSR count). The first-order chi connectivity index (χ1) is 4.16. The fourth-order valence-electron chi connectivity index (χ4n) is 0.241. The molecule has 0 aliphatic carbocycles. The molecule has 0 saturated carbocycles. The minimum Gasteiger partial charge on any atom is -0.368 e. The quantitative estimate of drug-likeness (QED) is 0.429. The number of aliphatic hydroxyl groups is 1. The summed E-state index contributed by atoms with van der Waals surface area (Å²) in [5.74, 6) is 0. The van der Waals surface area contributed by atoms with Gasteiger partial charge < -0.3 is 10.8 Å². The second-order valence-electron chi connectivity index (χ2n) is 1.28. The maximum Gasteiger partial charge on any atom is 0.322 e. The molecule has 56 valence electrons. The Hall–Kier alpha value is 0.0700. The molecule has 3 N–H and O–H groups in total. The number of nitrogens with two attached hydrogens (primary N) is 1. The van der Waals surface area contributed by atoms with Gasteiger partial charge in [0.25, 0.3) is 0 Å². The van der Waals surface area contributed by atoms with Gasteiger partial charge in [0.1, 0.15) is 6.73 Å². The first kappa shape index (κ1) is 9.07. The van der Waals surface area contributed by atoms with Crippen molar-refractivity contribution in [2.45, 2.75) is 13.2 Å². The molecule has 0 aliphatic heterocycles. The van der Waals surface area contributed by atoms with E-state index in [9.17, 15) is 4.57 Å². The van der Waals surface area contributed by atoms with Crippen LogP contribution in [0.15, 0.2) is 0 Å². The molecule has 0 heterocycles. The van der Waals surface area contributed by atoms with Gasteiger partial charge in [-0.05, 0) is 6.92 Å². The van der Waals surface area contributed by atoms with Gasteiger partial charge in [-0.1, -0.05) is 0 Å². The van der Waals surface area contributed by atoms with Crippen LogP contribution in [0.25, 0.3) is 0 Å². The predicted molar refractivity (Wildman–Crippen MR) is 31.9 cm³/mol. The lowest BCUT2D eigenvalue weighted by Crippen LogP contribution is -2.04. The molecular formula is C3H10NO4P. The summed E-state index contributed by atoms with van der Waals surface area (Å²) in [7, 11) is -2.57. The lowest BCUT2D eigenvalue weighted by atomic mass is 10.8. The molecule has 0 saturated heterocycles. The highest BCUT2D eigenvalue weighted by molar-refractivity contribution is 7.33. The van der Waals surface area contributed by atoms with Crippen LogP contribution in [0.4, 0.5) is 0 Å². The van der Waals surface area contributed by atoms with Crippen LogP contribution in [0.2, 0.25) is 0 Å². The highest BCUT2D eigenvalue weighted by Gasteiger charge is 2.00. The largest absolute Gasteiger partial charge is 0.368 e. The van der Waals surface area contributed by atoms with E-state index in [4.69, 9.17) is 10.8 Å². The predicted octanol–water partition coefficient (Wildman–Crippen LogP) is -0.336. The Kier molecular flexibility index (Phi) is 4.94. The molecule has 0 spiro atoms. The maximum atomic E-state index is 10.4. The Labute approximate surface area is 53.7 Å². The highest BCUT2D eigenvalue weighted by Crippen LogP contribution is 2.23. The van der Waals surface area contributed by atoms with Crippen molar-refractivity contribution in [2.24, 2.45) is 5.73 Å². The van der Waals surface area contributed by atoms with Crippen LogP contribution in [-0.2, 0) is 13.6 Å². The van der Waals surface area contributed by atoms with Crippen LogP contribution in [0, 0.1) is 0 Å². The SMILES string of the molecule is CC(O)O[PH](=O)OCN. The van der Waals surface area contributed by atoms with Crippen LogP contribution in [0.3, 0.4) is 0 Å². The zero-order valence-corrected chi connectivity index (χ0v) is 6.03. The second-order valence-corrected chi connectivity index (χ2v) is 2.30. The van der Waals surface area contributed by atoms with Crippen LogP contribution in [-0.4, -0.2) is 18.1 Å². The van der Waals surface area contributed by atoms with Gasteiger partial charge in [0.15, 0.2) is 6.29 Å². The van der Waals surface area contributed by atoms with E-state index in [0.29, 0.717) is 0 Å². The first-order valence-corrected chi connectivity index (χ1v) is 3.61. The molecule has 0 aliphatic rings. The zero-order chi connectivity index (χ0) is 7.28. The van der Waals surface area contributed by atoms with Gasteiger partial charge in [0.05, 0.1) is 0 Å². The lowest BCUT2D eigenvalue weighted by Gasteiger charge is -2.04. The van der Waals surface area contributed by atoms with E-state index in [1.54, 1.807) is 0 Å². The van der Waals surface area contributed by atoms with Crippen molar-refractivity contribution in [3.05, 3.63) is 0 Å². The fraction of sp³-hybridized carbons (Fsp3) is 1.00. The zero-order valence-electron chi connectivity index (χ0n) is 5.03. The molecule has 0 radical (unpaired) electrons. The monoisotopic (exact) mass is 155 g/mol. The van der Waals surface area contributed by atoms with E-state index in [1.807, 2.05) is 0 Å². The van der Waals surface area contributed by atoms with Gasteiger partial charge in [0, 0.05) is 0 Å². The van der Waals surface area contributed by atoms with Crippen molar-refractivity contribution < 1.29 is 18.7 Å². The van der Waals surface area contributed by atoms with Gasteiger partial charge >= 0.3 is 8.25 Å². The van der Waals surface area contributed by atoms with E-state index in [1.165, 1.54) is 6.92 Å². The summed E-state index contributed by atoms with van der Waals surface area (Å²) >= 11 is 0. The van der Waals surface area contributed by atoms with Crippen molar-refractivity contribution in [3.63, 3.8) is 0 Å². The average Bonchev–Trinajstić information content (AvgIpc) is 1.63. The van der Waals surface area contributed by atoms with Crippen LogP contribution in [0.5, 0.6) is 0 Å². The normalized spacial score (nSPS) is 17.2. The smallest absolute Gasteiger partial charge is 0.322 e. The van der Waals surface area contributed by atoms with Crippen molar-refractivity contribution in [1.29, 1.82) is 0 Å². The van der Waals surface area contributed by atoms with Crippen LogP contribution in [0.1, 0.15) is 6.92 Å². The molecule has 5 nitrogen and oxygen atoms in total. The standard InChI is InChI=1S/C3H10NO4P/c1-3(5)8-9(6)7-2-4/h3,5,9H,2,4H2,1H3. The van der Waals surface area contributed by atoms with E-state index >= 15 is 0 Å². The van der Waals surface area contributed by atoms with E-state index in [0.717, 1.165) is 0 Å². The van der Waals surface area contributed by atoms with Gasteiger partial charge in [-0.2, -0.15) is 0 Å². The molecule has 0 aromatic carbocycles. The molecule has 0 bridgehead atoms. The summed E-state index contributed by atoms with van der Waals surface area (Å²) in [4.78, 5) is 0. The van der Waals surface area contributed by atoms with Gasteiger partial charge in [0.2, 0.25) is 0 Å². The van der Waals surface area contributed by atoms with Crippen molar-refractivity contribution in [3.8, 4) is 0 Å². The molecule has 6 heteroatoms. The fourth-order valence-corrected chi connectivity index (χ4v) is 0.724. The Morgan fingerprint density at radius 1 is 1.89 bits per heavy atom. The molecule has 2 unspecified atom stereocenters. The molecule has 2 atom stereocenters. The van der Waals surface area contributed by atoms with Gasteiger partial charge in [-0.25, -0.2) is 0 Å². The Morgan fingerprint density at radius 2 is 2.44 bits per heavy atom. The summed E-state index contributed by atoms with van der Waals surface area (Å²) in [5, 5.41) is 8.43. The lowest BCUT2D eigenvalue weighted by molar-refractivity contribution is -0.00592. The Bertz CT molecular complexity index is 95.8. The third-order valence-electron chi connectivity index (χ3n) is 0.468. The number of hydrogen-bond acceptors (Lipinski definition) is 5. The average molecular weight is 155 g/mol. The summed E-state index contributed by atoms with van der Waals surface area (Å²) < 4.78 is 18.9. The van der Waals surface area contributed by atoms with Crippen molar-refractivity contribution >= 4 is 8.25 Å². The first-order valence-electron chi connectivity index (χ1n) is 2.38. The van der Waals surface area contributed by atoms with Gasteiger partial charge in [-0.15, -0.1) is 0 Å². The Balaban J connectivity index is 3.27. The minimum atomic E-state index is -2.57.